The van der Waals surface area contributed by atoms with Crippen molar-refractivity contribution in [1.82, 2.24) is 0 Å². The van der Waals surface area contributed by atoms with Gasteiger partial charge in [0.15, 0.2) is 12.1 Å². The van der Waals surface area contributed by atoms with Crippen molar-refractivity contribution in [2.75, 3.05) is 41.0 Å². The summed E-state index contributed by atoms with van der Waals surface area (Å²) in [5.74, 6) is -1.52. The number of ether oxygens (including phenoxy) is 3. The van der Waals surface area contributed by atoms with Gasteiger partial charge in [-0.1, -0.05) is 121 Å². The Kier molecular flexibility index (Phi) is 30.2. The largest absolute Gasteiger partial charge is 0.477 e. The summed E-state index contributed by atoms with van der Waals surface area (Å²) >= 11 is 0. The zero-order chi connectivity index (χ0) is 35.7. The van der Waals surface area contributed by atoms with Gasteiger partial charge in [-0.15, -0.1) is 0 Å². The summed E-state index contributed by atoms with van der Waals surface area (Å²) in [6.07, 6.45) is 33.3. The summed E-state index contributed by atoms with van der Waals surface area (Å²) < 4.78 is 17.1. The minimum absolute atomic E-state index is 0.0472. The number of carboxylic acid groups (broad SMARTS) is 1. The third kappa shape index (κ3) is 29.7. The van der Waals surface area contributed by atoms with Gasteiger partial charge in [-0.05, 0) is 44.9 Å². The molecular weight excluding hydrogens is 606 g/mol. The van der Waals surface area contributed by atoms with Gasteiger partial charge in [0.2, 0.25) is 0 Å². The lowest BCUT2D eigenvalue weighted by atomic mass is 10.0. The molecule has 1 N–H and O–H groups in total. The minimum atomic E-state index is -0.882. The second-order valence-electron chi connectivity index (χ2n) is 13.8. The smallest absolute Gasteiger partial charge is 0.362 e. The third-order valence-electron chi connectivity index (χ3n) is 8.30. The highest BCUT2D eigenvalue weighted by Gasteiger charge is 2.31. The van der Waals surface area contributed by atoms with Crippen LogP contribution in [-0.2, 0) is 28.6 Å². The highest BCUT2D eigenvalue weighted by Crippen LogP contribution is 2.14. The molecule has 0 saturated carbocycles. The molecule has 278 valence electrons. The SMILES string of the molecule is CC/C=C/C/C=C/C/C=C/CCCCC(=O)OC(COCCC(C(=O)O)[N+](C)(C)C)COC(=O)CCCCCCCCCCCCCC. The first-order valence-corrected chi connectivity index (χ1v) is 19.0. The molecule has 0 heterocycles. The van der Waals surface area contributed by atoms with E-state index in [0.29, 0.717) is 19.3 Å². The van der Waals surface area contributed by atoms with Gasteiger partial charge in [0.1, 0.15) is 6.61 Å². The first kappa shape index (κ1) is 45.6. The van der Waals surface area contributed by atoms with Gasteiger partial charge in [0.25, 0.3) is 0 Å². The standard InChI is InChI=1S/C40H71NO7/c1-6-8-10-12-14-16-18-20-22-24-26-28-30-38(42)47-35-36(34-46-33-32-37(40(44)45)41(3,4)5)48-39(43)31-29-27-25-23-21-19-17-15-13-11-9-7-2/h9,11,15,17,21,23,36-37H,6-8,10,12-14,16,18-20,22,24-35H2,1-5H3/p+1/b11-9+,17-15+,23-21+. The number of nitrogens with zero attached hydrogens (tertiary/aromatic N) is 1. The highest BCUT2D eigenvalue weighted by atomic mass is 16.6. The van der Waals surface area contributed by atoms with E-state index >= 15 is 0 Å². The molecule has 0 aromatic heterocycles. The average molecular weight is 679 g/mol. The van der Waals surface area contributed by atoms with E-state index in [1.807, 2.05) is 21.1 Å². The maximum atomic E-state index is 12.6. The number of hydrogen-bond donors (Lipinski definition) is 1. The summed E-state index contributed by atoms with van der Waals surface area (Å²) in [6, 6.07) is -0.618. The van der Waals surface area contributed by atoms with Crippen LogP contribution in [0.15, 0.2) is 36.5 Å². The first-order valence-electron chi connectivity index (χ1n) is 19.0. The predicted molar refractivity (Wildman–Crippen MR) is 197 cm³/mol. The maximum absolute atomic E-state index is 12.6. The van der Waals surface area contributed by atoms with Gasteiger partial charge in [0, 0.05) is 19.3 Å². The monoisotopic (exact) mass is 679 g/mol. The van der Waals surface area contributed by atoms with Crippen LogP contribution in [0, 0.1) is 0 Å². The Morgan fingerprint density at radius 1 is 0.646 bits per heavy atom. The van der Waals surface area contributed by atoms with Crippen LogP contribution in [0.4, 0.5) is 0 Å². The van der Waals surface area contributed by atoms with Gasteiger partial charge in [-0.25, -0.2) is 4.79 Å². The Labute approximate surface area is 293 Å². The van der Waals surface area contributed by atoms with Gasteiger partial charge < -0.3 is 23.8 Å². The molecule has 0 saturated heterocycles. The van der Waals surface area contributed by atoms with Crippen LogP contribution in [-0.4, -0.2) is 80.6 Å². The summed E-state index contributed by atoms with van der Waals surface area (Å²) in [4.78, 5) is 36.7. The number of quaternary nitrogens is 1. The van der Waals surface area contributed by atoms with E-state index in [1.54, 1.807) is 0 Å². The fourth-order valence-electron chi connectivity index (χ4n) is 5.34. The number of allylic oxidation sites excluding steroid dienone is 6. The van der Waals surface area contributed by atoms with Crippen molar-refractivity contribution in [2.45, 2.75) is 161 Å². The van der Waals surface area contributed by atoms with Crippen LogP contribution in [0.3, 0.4) is 0 Å². The van der Waals surface area contributed by atoms with Crippen molar-refractivity contribution in [3.05, 3.63) is 36.5 Å². The van der Waals surface area contributed by atoms with Crippen LogP contribution in [0.1, 0.15) is 149 Å². The summed E-state index contributed by atoms with van der Waals surface area (Å²) in [6.45, 7) is 4.56. The van der Waals surface area contributed by atoms with Crippen molar-refractivity contribution in [3.8, 4) is 0 Å². The third-order valence-corrected chi connectivity index (χ3v) is 8.30. The molecule has 0 aliphatic rings. The van der Waals surface area contributed by atoms with Gasteiger partial charge in [-0.2, -0.15) is 0 Å². The second kappa shape index (κ2) is 31.8. The zero-order valence-electron chi connectivity index (χ0n) is 31.4. The van der Waals surface area contributed by atoms with E-state index in [4.69, 9.17) is 14.2 Å². The van der Waals surface area contributed by atoms with Crippen LogP contribution >= 0.6 is 0 Å². The molecular formula is C40H72NO7+. The maximum Gasteiger partial charge on any atom is 0.362 e. The lowest BCUT2D eigenvalue weighted by molar-refractivity contribution is -0.887. The number of esters is 2. The van der Waals surface area contributed by atoms with E-state index in [1.165, 1.54) is 57.8 Å². The Hall–Kier alpha value is -2.45. The Bertz CT molecular complexity index is 891. The second-order valence-corrected chi connectivity index (χ2v) is 13.8. The molecule has 0 aliphatic carbocycles. The Morgan fingerprint density at radius 2 is 1.17 bits per heavy atom. The average Bonchev–Trinajstić information content (AvgIpc) is 3.03. The van der Waals surface area contributed by atoms with E-state index < -0.39 is 18.1 Å². The topological polar surface area (TPSA) is 99.1 Å². The molecule has 0 rings (SSSR count). The number of carboxylic acids is 1. The number of unbranched alkanes of at least 4 members (excludes halogenated alkanes) is 13. The Morgan fingerprint density at radius 3 is 1.73 bits per heavy atom. The molecule has 8 heteroatoms. The van der Waals surface area contributed by atoms with Crippen LogP contribution in [0.5, 0.6) is 0 Å². The molecule has 0 aromatic carbocycles. The lowest BCUT2D eigenvalue weighted by Crippen LogP contribution is -2.50. The molecule has 0 radical (unpaired) electrons. The van der Waals surface area contributed by atoms with Gasteiger partial charge >= 0.3 is 17.9 Å². The van der Waals surface area contributed by atoms with E-state index in [2.05, 4.69) is 50.3 Å². The molecule has 0 aliphatic heterocycles. The van der Waals surface area contributed by atoms with Gasteiger partial charge in [0.05, 0.1) is 34.4 Å². The fourth-order valence-corrected chi connectivity index (χ4v) is 5.34. The zero-order valence-corrected chi connectivity index (χ0v) is 31.4. The van der Waals surface area contributed by atoms with E-state index in [0.717, 1.165) is 51.4 Å². The molecule has 8 nitrogen and oxygen atoms in total. The van der Waals surface area contributed by atoms with E-state index in [-0.39, 0.29) is 42.7 Å². The number of carbonyl (C=O) groups excluding carboxylic acids is 2. The van der Waals surface area contributed by atoms with Crippen molar-refractivity contribution < 1.29 is 38.2 Å². The van der Waals surface area contributed by atoms with Crippen molar-refractivity contribution >= 4 is 17.9 Å². The van der Waals surface area contributed by atoms with Crippen LogP contribution in [0.25, 0.3) is 0 Å². The fraction of sp³-hybridized carbons (Fsp3) is 0.775. The first-order chi connectivity index (χ1) is 23.1. The van der Waals surface area contributed by atoms with Crippen LogP contribution < -0.4 is 0 Å². The molecule has 2 unspecified atom stereocenters. The quantitative estimate of drug-likeness (QED) is 0.0319. The summed E-state index contributed by atoms with van der Waals surface area (Å²) in [7, 11) is 5.50. The van der Waals surface area contributed by atoms with Crippen molar-refractivity contribution in [1.29, 1.82) is 0 Å². The van der Waals surface area contributed by atoms with Crippen LogP contribution in [0.2, 0.25) is 0 Å². The number of aliphatic carboxylic acids is 1. The number of rotatable bonds is 33. The molecule has 0 aromatic rings. The number of likely N-dealkylation sites (N-methyl/N-ethyl adjacent to an activating group) is 1. The summed E-state index contributed by atoms with van der Waals surface area (Å²) in [5, 5.41) is 9.57. The lowest BCUT2D eigenvalue weighted by Gasteiger charge is -2.31. The normalized spacial score (nSPS) is 13.4. The molecule has 48 heavy (non-hydrogen) atoms. The van der Waals surface area contributed by atoms with Gasteiger partial charge in [-0.3, -0.25) is 9.59 Å². The number of hydrogen-bond acceptors (Lipinski definition) is 6. The van der Waals surface area contributed by atoms with Crippen molar-refractivity contribution in [3.63, 3.8) is 0 Å². The molecule has 0 bridgehead atoms. The van der Waals surface area contributed by atoms with E-state index in [9.17, 15) is 19.5 Å². The molecule has 0 amide bonds. The molecule has 2 atom stereocenters. The predicted octanol–water partition coefficient (Wildman–Crippen LogP) is 9.52. The highest BCUT2D eigenvalue weighted by molar-refractivity contribution is 5.72. The Balaban J connectivity index is 4.48. The molecule has 0 fully saturated rings. The van der Waals surface area contributed by atoms with Crippen molar-refractivity contribution in [2.24, 2.45) is 0 Å². The summed E-state index contributed by atoms with van der Waals surface area (Å²) in [5.41, 5.74) is 0. The number of carbonyl (C=O) groups is 3. The minimum Gasteiger partial charge on any atom is -0.477 e. The molecule has 0 spiro atoms.